The van der Waals surface area contributed by atoms with Crippen molar-refractivity contribution < 1.29 is 0 Å². The van der Waals surface area contributed by atoms with E-state index in [1.807, 2.05) is 25.1 Å². The lowest BCUT2D eigenvalue weighted by molar-refractivity contribution is 1.05. The molecule has 0 saturated carbocycles. The zero-order chi connectivity index (χ0) is 10.8. The van der Waals surface area contributed by atoms with E-state index in [2.05, 4.69) is 16.5 Å². The lowest BCUT2D eigenvalue weighted by Crippen LogP contribution is -1.94. The van der Waals surface area contributed by atoms with Crippen LogP contribution in [0.1, 0.15) is 12.6 Å². The van der Waals surface area contributed by atoms with Crippen LogP contribution in [0.4, 0.5) is 5.69 Å². The largest absolute Gasteiger partial charge is 0.399 e. The number of allylic oxidation sites excluding steroid dienone is 1. The van der Waals surface area contributed by atoms with Gasteiger partial charge in [0.1, 0.15) is 0 Å². The van der Waals surface area contributed by atoms with Crippen LogP contribution in [0.2, 0.25) is 0 Å². The van der Waals surface area contributed by atoms with Crippen LogP contribution >= 0.6 is 0 Å². The summed E-state index contributed by atoms with van der Waals surface area (Å²) in [4.78, 5) is 8.79. The van der Waals surface area contributed by atoms with Gasteiger partial charge in [0.05, 0.1) is 16.7 Å². The van der Waals surface area contributed by atoms with Crippen LogP contribution in [0.3, 0.4) is 0 Å². The molecule has 0 aliphatic rings. The Morgan fingerprint density at radius 3 is 2.93 bits per heavy atom. The Hall–Kier alpha value is -1.90. The fraction of sp³-hybridized carbons (Fsp3) is 0.167. The van der Waals surface area contributed by atoms with Gasteiger partial charge < -0.3 is 5.73 Å². The third-order valence-corrected chi connectivity index (χ3v) is 2.10. The normalized spacial score (nSPS) is 10.5. The molecule has 2 N–H and O–H groups in total. The fourth-order valence-corrected chi connectivity index (χ4v) is 1.46. The van der Waals surface area contributed by atoms with Crippen molar-refractivity contribution >= 4 is 16.7 Å². The molecule has 1 heterocycles. The van der Waals surface area contributed by atoms with Gasteiger partial charge in [0.15, 0.2) is 0 Å². The molecule has 0 aliphatic carbocycles. The first-order valence-electron chi connectivity index (χ1n) is 4.81. The highest BCUT2D eigenvalue weighted by Gasteiger charge is 2.00. The summed E-state index contributed by atoms with van der Waals surface area (Å²) in [6, 6.07) is 5.55. The summed E-state index contributed by atoms with van der Waals surface area (Å²) >= 11 is 0. The van der Waals surface area contributed by atoms with Gasteiger partial charge >= 0.3 is 0 Å². The molecule has 0 radical (unpaired) electrons. The summed E-state index contributed by atoms with van der Waals surface area (Å²) in [5, 5.41) is 0. The average molecular weight is 199 g/mol. The molecule has 76 valence electrons. The second-order valence-electron chi connectivity index (χ2n) is 3.74. The van der Waals surface area contributed by atoms with E-state index in [0.717, 1.165) is 28.7 Å². The van der Waals surface area contributed by atoms with Crippen molar-refractivity contribution in [2.75, 3.05) is 5.73 Å². The number of fused-ring (bicyclic) bond motifs is 1. The molecule has 0 fully saturated rings. The predicted molar refractivity (Wildman–Crippen MR) is 62.5 cm³/mol. The van der Waals surface area contributed by atoms with Crippen molar-refractivity contribution in [1.29, 1.82) is 0 Å². The summed E-state index contributed by atoms with van der Waals surface area (Å²) in [6.07, 6.45) is 2.55. The molecular weight excluding hydrogens is 186 g/mol. The van der Waals surface area contributed by atoms with E-state index < -0.39 is 0 Å². The molecule has 0 atom stereocenters. The Kier molecular flexibility index (Phi) is 2.37. The van der Waals surface area contributed by atoms with Crippen molar-refractivity contribution in [3.63, 3.8) is 0 Å². The minimum Gasteiger partial charge on any atom is -0.399 e. The predicted octanol–water partition coefficient (Wildman–Crippen LogP) is 2.33. The minimum absolute atomic E-state index is 0.712. The van der Waals surface area contributed by atoms with Crippen LogP contribution in [-0.2, 0) is 6.42 Å². The molecule has 0 saturated heterocycles. The van der Waals surface area contributed by atoms with E-state index in [4.69, 9.17) is 5.73 Å². The number of benzene rings is 1. The zero-order valence-electron chi connectivity index (χ0n) is 8.70. The quantitative estimate of drug-likeness (QED) is 0.596. The van der Waals surface area contributed by atoms with E-state index in [0.29, 0.717) is 5.69 Å². The molecule has 1 aromatic heterocycles. The fourth-order valence-electron chi connectivity index (χ4n) is 1.46. The number of hydrogen-bond acceptors (Lipinski definition) is 3. The van der Waals surface area contributed by atoms with E-state index >= 15 is 0 Å². The van der Waals surface area contributed by atoms with Gasteiger partial charge in [-0.1, -0.05) is 12.2 Å². The number of rotatable bonds is 2. The molecule has 3 heteroatoms. The Morgan fingerprint density at radius 2 is 2.20 bits per heavy atom. The summed E-state index contributed by atoms with van der Waals surface area (Å²) in [5.41, 5.74) is 10.1. The van der Waals surface area contributed by atoms with Crippen LogP contribution in [0.15, 0.2) is 36.5 Å². The van der Waals surface area contributed by atoms with Crippen molar-refractivity contribution in [2.24, 2.45) is 0 Å². The summed E-state index contributed by atoms with van der Waals surface area (Å²) in [7, 11) is 0. The van der Waals surface area contributed by atoms with Gasteiger partial charge in [0.2, 0.25) is 0 Å². The maximum absolute atomic E-state index is 5.66. The molecule has 1 aromatic carbocycles. The van der Waals surface area contributed by atoms with Gasteiger partial charge in [-0.25, -0.2) is 4.98 Å². The van der Waals surface area contributed by atoms with Gasteiger partial charge in [-0.05, 0) is 25.1 Å². The number of aromatic nitrogens is 2. The maximum Gasteiger partial charge on any atom is 0.0907 e. The molecule has 0 amide bonds. The van der Waals surface area contributed by atoms with E-state index in [9.17, 15) is 0 Å². The van der Waals surface area contributed by atoms with Crippen LogP contribution < -0.4 is 5.73 Å². The van der Waals surface area contributed by atoms with Crippen molar-refractivity contribution in [2.45, 2.75) is 13.3 Å². The van der Waals surface area contributed by atoms with E-state index in [1.165, 1.54) is 0 Å². The third kappa shape index (κ3) is 2.13. The highest BCUT2D eigenvalue weighted by Crippen LogP contribution is 2.14. The highest BCUT2D eigenvalue weighted by atomic mass is 14.8. The summed E-state index contributed by atoms with van der Waals surface area (Å²) in [5.74, 6) is 0. The zero-order valence-corrected chi connectivity index (χ0v) is 8.70. The average Bonchev–Trinajstić information content (AvgIpc) is 2.17. The Balaban J connectivity index is 2.47. The number of anilines is 1. The van der Waals surface area contributed by atoms with E-state index in [-0.39, 0.29) is 0 Å². The van der Waals surface area contributed by atoms with Crippen molar-refractivity contribution in [3.8, 4) is 0 Å². The van der Waals surface area contributed by atoms with Crippen LogP contribution in [0.5, 0.6) is 0 Å². The number of hydrogen-bond donors (Lipinski definition) is 1. The first kappa shape index (κ1) is 9.65. The topological polar surface area (TPSA) is 51.8 Å². The number of nitrogens with two attached hydrogens (primary N) is 1. The van der Waals surface area contributed by atoms with Crippen LogP contribution in [0.25, 0.3) is 11.0 Å². The highest BCUT2D eigenvalue weighted by molar-refractivity contribution is 5.77. The van der Waals surface area contributed by atoms with Crippen LogP contribution in [0, 0.1) is 0 Å². The number of nitrogens with zero attached hydrogens (tertiary/aromatic N) is 2. The molecule has 0 spiro atoms. The van der Waals surface area contributed by atoms with Gasteiger partial charge in [0.25, 0.3) is 0 Å². The second-order valence-corrected chi connectivity index (χ2v) is 3.74. The van der Waals surface area contributed by atoms with Gasteiger partial charge in [-0.3, -0.25) is 4.98 Å². The number of nitrogen functional groups attached to an aromatic ring is 1. The second kappa shape index (κ2) is 3.69. The van der Waals surface area contributed by atoms with Gasteiger partial charge in [0, 0.05) is 18.3 Å². The standard InChI is InChI=1S/C12H13N3/c1-8(2)5-10-7-14-12-6-9(13)3-4-11(12)15-10/h3-4,6-7H,1,5,13H2,2H3. The van der Waals surface area contributed by atoms with Crippen molar-refractivity contribution in [3.05, 3.63) is 42.2 Å². The summed E-state index contributed by atoms with van der Waals surface area (Å²) < 4.78 is 0. The molecule has 3 nitrogen and oxygen atoms in total. The minimum atomic E-state index is 0.712. The third-order valence-electron chi connectivity index (χ3n) is 2.10. The first-order chi connectivity index (χ1) is 7.15. The lowest BCUT2D eigenvalue weighted by atomic mass is 10.2. The first-order valence-corrected chi connectivity index (χ1v) is 4.81. The smallest absolute Gasteiger partial charge is 0.0907 e. The van der Waals surface area contributed by atoms with E-state index in [1.54, 1.807) is 6.20 Å². The van der Waals surface area contributed by atoms with Crippen molar-refractivity contribution in [1.82, 2.24) is 9.97 Å². The molecular formula is C12H13N3. The Bertz CT molecular complexity index is 517. The molecule has 0 unspecified atom stereocenters. The molecule has 2 rings (SSSR count). The maximum atomic E-state index is 5.66. The van der Waals surface area contributed by atoms with Crippen LogP contribution in [-0.4, -0.2) is 9.97 Å². The summed E-state index contributed by atoms with van der Waals surface area (Å²) in [6.45, 7) is 5.84. The monoisotopic (exact) mass is 199 g/mol. The molecule has 15 heavy (non-hydrogen) atoms. The Labute approximate surface area is 88.7 Å². The molecule has 2 aromatic rings. The van der Waals surface area contributed by atoms with Gasteiger partial charge in [-0.2, -0.15) is 0 Å². The molecule has 0 aliphatic heterocycles. The van der Waals surface area contributed by atoms with Gasteiger partial charge in [-0.15, -0.1) is 0 Å². The molecule has 0 bridgehead atoms. The lowest BCUT2D eigenvalue weighted by Gasteiger charge is -2.02. The SMILES string of the molecule is C=C(C)Cc1cnc2cc(N)ccc2n1. The Morgan fingerprint density at radius 1 is 1.40 bits per heavy atom.